The molecule has 9 nitrogen and oxygen atoms in total. The van der Waals surface area contributed by atoms with Crippen LogP contribution in [0.1, 0.15) is 35.9 Å². The van der Waals surface area contributed by atoms with Crippen LogP contribution in [0.25, 0.3) is 10.8 Å². The fourth-order valence-corrected chi connectivity index (χ4v) is 3.57. The third-order valence-electron chi connectivity index (χ3n) is 5.22. The normalized spacial score (nSPS) is 12.8. The van der Waals surface area contributed by atoms with Gasteiger partial charge in [0.25, 0.3) is 5.91 Å². The van der Waals surface area contributed by atoms with Crippen LogP contribution < -0.4 is 10.8 Å². The highest BCUT2D eigenvalue weighted by molar-refractivity contribution is 5.95. The smallest absolute Gasteiger partial charge is 0.412 e. The van der Waals surface area contributed by atoms with Gasteiger partial charge in [-0.3, -0.25) is 20.1 Å². The van der Waals surface area contributed by atoms with Gasteiger partial charge in [-0.25, -0.2) is 10.3 Å². The number of hydroxylamine groups is 1. The van der Waals surface area contributed by atoms with Crippen molar-refractivity contribution < 1.29 is 34.2 Å². The molecule has 4 N–H and O–H groups in total. The summed E-state index contributed by atoms with van der Waals surface area (Å²) in [4.78, 5) is 36.0. The fourth-order valence-electron chi connectivity index (χ4n) is 3.57. The van der Waals surface area contributed by atoms with Gasteiger partial charge < -0.3 is 14.6 Å². The second kappa shape index (κ2) is 11.8. The summed E-state index contributed by atoms with van der Waals surface area (Å²) < 4.78 is 11.6. The van der Waals surface area contributed by atoms with Crippen molar-refractivity contribution in [3.05, 3.63) is 83.9 Å². The van der Waals surface area contributed by atoms with Gasteiger partial charge in [0.05, 0.1) is 0 Å². The Morgan fingerprint density at radius 1 is 1.00 bits per heavy atom. The van der Waals surface area contributed by atoms with E-state index in [1.54, 1.807) is 61.5 Å². The minimum absolute atomic E-state index is 0.0567. The second-order valence-electron chi connectivity index (χ2n) is 7.56. The third-order valence-corrected chi connectivity index (χ3v) is 5.22. The average molecular weight is 479 g/mol. The zero-order chi connectivity index (χ0) is 25.4. The molecule has 0 spiro atoms. The van der Waals surface area contributed by atoms with E-state index in [2.05, 4.69) is 5.32 Å². The molecule has 9 heteroatoms. The van der Waals surface area contributed by atoms with E-state index in [4.69, 9.17) is 14.7 Å². The van der Waals surface area contributed by atoms with Crippen LogP contribution in [0.5, 0.6) is 5.75 Å². The molecule has 0 bridgehead atoms. The number of phenolic OH excluding ortho intramolecular Hbond substituents is 1. The van der Waals surface area contributed by atoms with Crippen molar-refractivity contribution in [3.63, 3.8) is 0 Å². The largest absolute Gasteiger partial charge is 0.507 e. The number of anilines is 1. The summed E-state index contributed by atoms with van der Waals surface area (Å²) in [5.41, 5.74) is 2.96. The van der Waals surface area contributed by atoms with Crippen LogP contribution in [0.2, 0.25) is 0 Å². The standard InChI is InChI=1S/C26H26N2O7/c1-3-34-23(14-15-24(31)28-33)25(21-12-13-22(30)20-7-5-4-6-19(20)21)35-26(32)27-18-10-8-17(9-11-18)16(2)29/h4-15,23,25,30,33H,3H2,1-2H3,(H,27,32)(H,28,31)/b15-14+/t23-,25-/m0/s1. The molecule has 3 aromatic carbocycles. The van der Waals surface area contributed by atoms with Gasteiger partial charge >= 0.3 is 6.09 Å². The predicted molar refractivity (Wildman–Crippen MR) is 129 cm³/mol. The molecule has 2 amide bonds. The Kier molecular flexibility index (Phi) is 8.55. The number of amides is 2. The Morgan fingerprint density at radius 3 is 2.31 bits per heavy atom. The van der Waals surface area contributed by atoms with Crippen LogP contribution in [0, 0.1) is 0 Å². The molecule has 0 saturated carbocycles. The number of carbonyl (C=O) groups is 3. The Balaban J connectivity index is 1.98. The highest BCUT2D eigenvalue weighted by atomic mass is 16.6. The number of ether oxygens (including phenoxy) is 2. The van der Waals surface area contributed by atoms with E-state index < -0.39 is 24.2 Å². The van der Waals surface area contributed by atoms with Crippen LogP contribution in [-0.2, 0) is 14.3 Å². The molecular weight excluding hydrogens is 452 g/mol. The first kappa shape index (κ1) is 25.4. The van der Waals surface area contributed by atoms with Crippen LogP contribution in [0.3, 0.4) is 0 Å². The summed E-state index contributed by atoms with van der Waals surface area (Å²) in [6.45, 7) is 3.43. The van der Waals surface area contributed by atoms with E-state index in [1.807, 2.05) is 0 Å². The number of hydrogen-bond donors (Lipinski definition) is 4. The number of nitrogens with one attached hydrogen (secondary N) is 2. The highest BCUT2D eigenvalue weighted by Crippen LogP contribution is 2.35. The molecule has 0 aliphatic carbocycles. The number of rotatable bonds is 9. The van der Waals surface area contributed by atoms with E-state index >= 15 is 0 Å². The van der Waals surface area contributed by atoms with Gasteiger partial charge in [-0.2, -0.15) is 0 Å². The van der Waals surface area contributed by atoms with Crippen LogP contribution >= 0.6 is 0 Å². The Labute approximate surface area is 201 Å². The molecule has 0 aliphatic heterocycles. The number of aromatic hydroxyl groups is 1. The van der Waals surface area contributed by atoms with E-state index in [0.29, 0.717) is 27.6 Å². The minimum Gasteiger partial charge on any atom is -0.507 e. The zero-order valence-electron chi connectivity index (χ0n) is 19.2. The second-order valence-corrected chi connectivity index (χ2v) is 7.56. The quantitative estimate of drug-likeness (QED) is 0.154. The van der Waals surface area contributed by atoms with Crippen molar-refractivity contribution in [3.8, 4) is 5.75 Å². The maximum atomic E-state index is 12.9. The molecule has 182 valence electrons. The van der Waals surface area contributed by atoms with Crippen molar-refractivity contribution in [2.45, 2.75) is 26.1 Å². The monoisotopic (exact) mass is 478 g/mol. The summed E-state index contributed by atoms with van der Waals surface area (Å²) in [6.07, 6.45) is -0.295. The SMILES string of the molecule is CCO[C@@H](/C=C/C(=O)NO)[C@@H](OC(=O)Nc1ccc(C(C)=O)cc1)c1ccc(O)c2ccccc12. The zero-order valence-corrected chi connectivity index (χ0v) is 19.2. The van der Waals surface area contributed by atoms with Crippen molar-refractivity contribution >= 4 is 34.2 Å². The van der Waals surface area contributed by atoms with Gasteiger partial charge in [-0.1, -0.05) is 30.3 Å². The topological polar surface area (TPSA) is 134 Å². The van der Waals surface area contributed by atoms with Crippen molar-refractivity contribution in [2.75, 3.05) is 11.9 Å². The first-order chi connectivity index (χ1) is 16.8. The molecule has 0 saturated heterocycles. The Hall–Kier alpha value is -4.21. The van der Waals surface area contributed by atoms with Gasteiger partial charge in [0.1, 0.15) is 11.9 Å². The van der Waals surface area contributed by atoms with E-state index in [0.717, 1.165) is 6.08 Å². The van der Waals surface area contributed by atoms with Gasteiger partial charge in [-0.05, 0) is 55.6 Å². The molecule has 0 radical (unpaired) electrons. The van der Waals surface area contributed by atoms with Crippen LogP contribution in [0.4, 0.5) is 10.5 Å². The maximum absolute atomic E-state index is 12.9. The number of hydrogen-bond acceptors (Lipinski definition) is 7. The van der Waals surface area contributed by atoms with Crippen LogP contribution in [0.15, 0.2) is 72.8 Å². The molecule has 0 fully saturated rings. The van der Waals surface area contributed by atoms with Gasteiger partial charge in [0.15, 0.2) is 11.9 Å². The minimum atomic E-state index is -1.03. The maximum Gasteiger partial charge on any atom is 0.412 e. The highest BCUT2D eigenvalue weighted by Gasteiger charge is 2.28. The molecule has 35 heavy (non-hydrogen) atoms. The molecule has 3 aromatic rings. The number of fused-ring (bicyclic) bond motifs is 1. The Bertz CT molecular complexity index is 1240. The number of carbonyl (C=O) groups excluding carboxylic acids is 3. The molecular formula is C26H26N2O7. The molecule has 0 heterocycles. The predicted octanol–water partition coefficient (Wildman–Crippen LogP) is 4.50. The Morgan fingerprint density at radius 2 is 1.69 bits per heavy atom. The lowest BCUT2D eigenvalue weighted by Gasteiger charge is -2.26. The summed E-state index contributed by atoms with van der Waals surface area (Å²) >= 11 is 0. The first-order valence-corrected chi connectivity index (χ1v) is 10.9. The summed E-state index contributed by atoms with van der Waals surface area (Å²) in [6, 6.07) is 16.5. The van der Waals surface area contributed by atoms with Crippen molar-refractivity contribution in [1.82, 2.24) is 5.48 Å². The fraction of sp³-hybridized carbons (Fsp3) is 0.192. The number of Topliss-reactive ketones (excluding diaryl/α,β-unsaturated/α-hetero) is 1. The number of benzene rings is 3. The lowest BCUT2D eigenvalue weighted by Crippen LogP contribution is -2.28. The van der Waals surface area contributed by atoms with Crippen molar-refractivity contribution in [2.24, 2.45) is 0 Å². The number of ketones is 1. The molecule has 2 atom stereocenters. The van der Waals surface area contributed by atoms with Gasteiger partial charge in [-0.15, -0.1) is 0 Å². The third kappa shape index (κ3) is 6.44. The molecule has 0 aromatic heterocycles. The lowest BCUT2D eigenvalue weighted by atomic mass is 9.96. The van der Waals surface area contributed by atoms with E-state index in [9.17, 15) is 19.5 Å². The van der Waals surface area contributed by atoms with Gasteiger partial charge in [0.2, 0.25) is 0 Å². The van der Waals surface area contributed by atoms with Crippen LogP contribution in [-0.4, -0.2) is 40.8 Å². The number of phenols is 1. The summed E-state index contributed by atoms with van der Waals surface area (Å²) in [7, 11) is 0. The van der Waals surface area contributed by atoms with Gasteiger partial charge in [0, 0.05) is 34.9 Å². The first-order valence-electron chi connectivity index (χ1n) is 10.9. The van der Waals surface area contributed by atoms with E-state index in [-0.39, 0.29) is 18.1 Å². The summed E-state index contributed by atoms with van der Waals surface area (Å²) in [5, 5.41) is 22.9. The van der Waals surface area contributed by atoms with Crippen molar-refractivity contribution in [1.29, 1.82) is 0 Å². The van der Waals surface area contributed by atoms with E-state index in [1.165, 1.54) is 24.5 Å². The molecule has 0 unspecified atom stereocenters. The lowest BCUT2D eigenvalue weighted by molar-refractivity contribution is -0.124. The molecule has 0 aliphatic rings. The summed E-state index contributed by atoms with van der Waals surface area (Å²) in [5.74, 6) is -0.822. The average Bonchev–Trinajstić information content (AvgIpc) is 2.86. The molecule has 3 rings (SSSR count).